The van der Waals surface area contributed by atoms with Crippen LogP contribution in [0.4, 0.5) is 23.4 Å². The molecular weight excluding hydrogens is 494 g/mol. The second-order valence-electron chi connectivity index (χ2n) is 8.27. The number of rotatable bonds is 12. The minimum Gasteiger partial charge on any atom is -0.475 e. The summed E-state index contributed by atoms with van der Waals surface area (Å²) in [6, 6.07) is 8.43. The molecule has 0 unspecified atom stereocenters. The van der Waals surface area contributed by atoms with Crippen LogP contribution in [0.15, 0.2) is 48.7 Å². The molecule has 8 nitrogen and oxygen atoms in total. The van der Waals surface area contributed by atoms with Gasteiger partial charge >= 0.3 is 6.18 Å². The van der Waals surface area contributed by atoms with Gasteiger partial charge in [0.25, 0.3) is 0 Å². The zero-order valence-corrected chi connectivity index (χ0v) is 20.3. The maximum Gasteiger partial charge on any atom is 0.417 e. The van der Waals surface area contributed by atoms with Crippen molar-refractivity contribution in [2.75, 3.05) is 45.8 Å². The molecule has 0 spiro atoms. The summed E-state index contributed by atoms with van der Waals surface area (Å²) >= 11 is 0. The number of ether oxygens (including phenoxy) is 2. The molecule has 0 saturated carbocycles. The molecule has 0 aliphatic carbocycles. The van der Waals surface area contributed by atoms with Gasteiger partial charge in [-0.3, -0.25) is 4.79 Å². The number of hydrogen-bond acceptors (Lipinski definition) is 7. The van der Waals surface area contributed by atoms with E-state index >= 15 is 0 Å². The number of nitrogens with one attached hydrogen (secondary N) is 1. The van der Waals surface area contributed by atoms with Crippen LogP contribution >= 0.6 is 0 Å². The predicted molar refractivity (Wildman–Crippen MR) is 130 cm³/mol. The molecule has 3 rings (SSSR count). The number of primary amides is 1. The summed E-state index contributed by atoms with van der Waals surface area (Å²) in [5.41, 5.74) is 4.16. The number of pyridine rings is 2. The highest BCUT2D eigenvalue weighted by atomic mass is 19.4. The van der Waals surface area contributed by atoms with Gasteiger partial charge in [-0.1, -0.05) is 6.07 Å². The number of hydrogen-bond donors (Lipinski definition) is 2. The van der Waals surface area contributed by atoms with Crippen LogP contribution in [0, 0.1) is 5.95 Å². The average Bonchev–Trinajstić information content (AvgIpc) is 2.84. The number of aromatic nitrogens is 2. The molecule has 2 aromatic heterocycles. The van der Waals surface area contributed by atoms with Gasteiger partial charge in [0.05, 0.1) is 18.8 Å². The van der Waals surface area contributed by atoms with Gasteiger partial charge in [-0.2, -0.15) is 17.6 Å². The summed E-state index contributed by atoms with van der Waals surface area (Å²) in [6.07, 6.45) is -3.27. The number of nitrogens with zero attached hydrogens (tertiary/aromatic N) is 3. The molecule has 2 heterocycles. The molecule has 0 saturated heterocycles. The largest absolute Gasteiger partial charge is 0.475 e. The van der Waals surface area contributed by atoms with Crippen LogP contribution in [0.25, 0.3) is 11.1 Å². The molecule has 12 heteroatoms. The second kappa shape index (κ2) is 12.5. The molecule has 0 aliphatic heterocycles. The van der Waals surface area contributed by atoms with Crippen molar-refractivity contribution in [2.24, 2.45) is 5.73 Å². The normalized spacial score (nSPS) is 11.5. The third-order valence-corrected chi connectivity index (χ3v) is 5.18. The number of nitrogens with two attached hydrogens (primary N) is 1. The van der Waals surface area contributed by atoms with Crippen LogP contribution in [0.3, 0.4) is 0 Å². The van der Waals surface area contributed by atoms with Crippen molar-refractivity contribution < 1.29 is 31.8 Å². The fourth-order valence-corrected chi connectivity index (χ4v) is 3.33. The zero-order valence-electron chi connectivity index (χ0n) is 20.3. The van der Waals surface area contributed by atoms with Crippen LogP contribution in [-0.4, -0.2) is 61.2 Å². The molecule has 1 amide bonds. The molecule has 0 fully saturated rings. The lowest BCUT2D eigenvalue weighted by Gasteiger charge is -2.17. The van der Waals surface area contributed by atoms with Crippen molar-refractivity contribution >= 4 is 11.7 Å². The van der Waals surface area contributed by atoms with E-state index in [1.807, 2.05) is 19.0 Å². The minimum atomic E-state index is -4.79. The highest BCUT2D eigenvalue weighted by Crippen LogP contribution is 2.40. The number of halogens is 4. The Morgan fingerprint density at radius 2 is 1.81 bits per heavy atom. The summed E-state index contributed by atoms with van der Waals surface area (Å²) in [6.45, 7) is 2.12. The van der Waals surface area contributed by atoms with E-state index < -0.39 is 23.6 Å². The van der Waals surface area contributed by atoms with Crippen molar-refractivity contribution in [3.05, 3.63) is 71.3 Å². The smallest absolute Gasteiger partial charge is 0.417 e. The molecular formula is C25H27F4N5O3. The number of alkyl halides is 3. The minimum absolute atomic E-state index is 0.00477. The molecule has 3 N–H and O–H groups in total. The number of likely N-dealkylation sites (N-methyl/N-ethyl adjacent to an activating group) is 1. The Bertz CT molecular complexity index is 1220. The van der Waals surface area contributed by atoms with Crippen LogP contribution in [0.2, 0.25) is 0 Å². The summed E-state index contributed by atoms with van der Waals surface area (Å²) in [5.74, 6) is -1.64. The van der Waals surface area contributed by atoms with Gasteiger partial charge in [0.2, 0.25) is 17.7 Å². The van der Waals surface area contributed by atoms with Crippen molar-refractivity contribution in [3.8, 4) is 17.0 Å². The van der Waals surface area contributed by atoms with Gasteiger partial charge in [0.1, 0.15) is 12.4 Å². The number of carbonyl (C=O) groups excluding carboxylic acids is 1. The lowest BCUT2D eigenvalue weighted by Crippen LogP contribution is -2.19. The third-order valence-electron chi connectivity index (χ3n) is 5.18. The Morgan fingerprint density at radius 1 is 1.05 bits per heavy atom. The lowest BCUT2D eigenvalue weighted by atomic mass is 9.97. The quantitative estimate of drug-likeness (QED) is 0.211. The van der Waals surface area contributed by atoms with E-state index in [4.69, 9.17) is 15.2 Å². The SMILES string of the molecule is CN(C)CCOCCOc1cc(CNc2nc(F)ccc2-c2ccc(C(N)=O)cc2C(F)(F)F)ccn1. The van der Waals surface area contributed by atoms with E-state index in [0.29, 0.717) is 30.7 Å². The van der Waals surface area contributed by atoms with Crippen LogP contribution in [-0.2, 0) is 17.5 Å². The highest BCUT2D eigenvalue weighted by Gasteiger charge is 2.35. The molecule has 1 aromatic carbocycles. The van der Waals surface area contributed by atoms with Gasteiger partial charge in [0, 0.05) is 36.5 Å². The summed E-state index contributed by atoms with van der Waals surface area (Å²) in [7, 11) is 3.89. The van der Waals surface area contributed by atoms with E-state index in [2.05, 4.69) is 15.3 Å². The summed E-state index contributed by atoms with van der Waals surface area (Å²) in [4.78, 5) is 21.3. The molecule has 37 heavy (non-hydrogen) atoms. The fraction of sp³-hybridized carbons (Fsp3) is 0.320. The maximum absolute atomic E-state index is 14.0. The van der Waals surface area contributed by atoms with E-state index in [1.165, 1.54) is 18.3 Å². The van der Waals surface area contributed by atoms with Gasteiger partial charge in [0.15, 0.2) is 0 Å². The molecule has 0 bridgehead atoms. The Labute approximate surface area is 211 Å². The Kier molecular flexibility index (Phi) is 9.36. The summed E-state index contributed by atoms with van der Waals surface area (Å²) in [5, 5.41) is 2.88. The van der Waals surface area contributed by atoms with Gasteiger partial charge < -0.3 is 25.4 Å². The van der Waals surface area contributed by atoms with E-state index in [-0.39, 0.29) is 35.7 Å². The molecule has 198 valence electrons. The van der Waals surface area contributed by atoms with Crippen molar-refractivity contribution in [1.82, 2.24) is 14.9 Å². The number of anilines is 1. The van der Waals surface area contributed by atoms with Gasteiger partial charge in [-0.15, -0.1) is 0 Å². The Hall–Kier alpha value is -3.77. The molecule has 0 radical (unpaired) electrons. The maximum atomic E-state index is 14.0. The Morgan fingerprint density at radius 3 is 2.51 bits per heavy atom. The number of benzene rings is 1. The van der Waals surface area contributed by atoms with Crippen molar-refractivity contribution in [3.63, 3.8) is 0 Å². The van der Waals surface area contributed by atoms with Crippen LogP contribution < -0.4 is 15.8 Å². The van der Waals surface area contributed by atoms with Gasteiger partial charge in [-0.25, -0.2) is 9.97 Å². The first-order chi connectivity index (χ1) is 17.5. The van der Waals surface area contributed by atoms with Crippen molar-refractivity contribution in [2.45, 2.75) is 12.7 Å². The monoisotopic (exact) mass is 521 g/mol. The van der Waals surface area contributed by atoms with E-state index in [9.17, 15) is 22.4 Å². The van der Waals surface area contributed by atoms with E-state index in [0.717, 1.165) is 18.7 Å². The molecule has 3 aromatic rings. The number of carbonyl (C=O) groups is 1. The summed E-state index contributed by atoms with van der Waals surface area (Å²) < 4.78 is 66.4. The first-order valence-electron chi connectivity index (χ1n) is 11.3. The first kappa shape index (κ1) is 27.8. The number of amides is 1. The van der Waals surface area contributed by atoms with Crippen LogP contribution in [0.1, 0.15) is 21.5 Å². The standard InChI is InChI=1S/C25H27F4N5O3/c1-34(2)9-10-36-11-12-37-22-13-16(7-8-31-22)15-32-24-19(5-6-21(26)33-24)18-4-3-17(23(30)35)14-20(18)25(27,28)29/h3-8,13-14H,9-12,15H2,1-2H3,(H2,30,35)(H,32,33). The fourth-order valence-electron chi connectivity index (χ4n) is 3.33. The second-order valence-corrected chi connectivity index (χ2v) is 8.27. The Balaban J connectivity index is 1.75. The molecule has 0 atom stereocenters. The van der Waals surface area contributed by atoms with Crippen molar-refractivity contribution in [1.29, 1.82) is 0 Å². The topological polar surface area (TPSA) is 103 Å². The first-order valence-corrected chi connectivity index (χ1v) is 11.3. The lowest BCUT2D eigenvalue weighted by molar-refractivity contribution is -0.137. The average molecular weight is 522 g/mol. The third kappa shape index (κ3) is 8.12. The van der Waals surface area contributed by atoms with Gasteiger partial charge in [-0.05, 0) is 55.6 Å². The zero-order chi connectivity index (χ0) is 27.0. The predicted octanol–water partition coefficient (Wildman–Crippen LogP) is 3.97. The van der Waals surface area contributed by atoms with Crippen LogP contribution in [0.5, 0.6) is 5.88 Å². The molecule has 0 aliphatic rings. The highest BCUT2D eigenvalue weighted by molar-refractivity contribution is 5.94. The van der Waals surface area contributed by atoms with E-state index in [1.54, 1.807) is 12.1 Å².